The fraction of sp³-hybridized carbons (Fsp3) is 0.174. The minimum Gasteiger partial charge on any atom is -0.328 e. The summed E-state index contributed by atoms with van der Waals surface area (Å²) in [5.74, 6) is -1.99. The lowest BCUT2D eigenvalue weighted by Crippen LogP contribution is -2.24. The van der Waals surface area contributed by atoms with Gasteiger partial charge in [-0.05, 0) is 35.4 Å². The highest BCUT2D eigenvalue weighted by molar-refractivity contribution is 5.98. The molecule has 0 aliphatic carbocycles. The molecule has 32 heavy (non-hydrogen) atoms. The highest BCUT2D eigenvalue weighted by Crippen LogP contribution is 2.35. The third kappa shape index (κ3) is 3.21. The maximum absolute atomic E-state index is 15.0. The number of alkyl halides is 2. The average Bonchev–Trinajstić information content (AvgIpc) is 3.29. The van der Waals surface area contributed by atoms with Crippen LogP contribution in [0.2, 0.25) is 0 Å². The molecule has 3 heterocycles. The molecule has 0 unspecified atom stereocenters. The first kappa shape index (κ1) is 20.2. The van der Waals surface area contributed by atoms with Crippen molar-refractivity contribution in [3.8, 4) is 11.1 Å². The number of carbonyl (C=O) groups excluding carboxylic acids is 1. The molecule has 0 spiro atoms. The van der Waals surface area contributed by atoms with Crippen molar-refractivity contribution in [2.45, 2.75) is 19.5 Å². The van der Waals surface area contributed by atoms with E-state index < -0.39 is 18.1 Å². The molecule has 0 fully saturated rings. The fourth-order valence-corrected chi connectivity index (χ4v) is 4.08. The maximum atomic E-state index is 15.0. The second kappa shape index (κ2) is 7.44. The quantitative estimate of drug-likeness (QED) is 0.420. The van der Waals surface area contributed by atoms with E-state index in [1.165, 1.54) is 27.9 Å². The van der Waals surface area contributed by atoms with Crippen molar-refractivity contribution in [1.82, 2.24) is 19.7 Å². The third-order valence-corrected chi connectivity index (χ3v) is 5.61. The Hall–Kier alpha value is -3.75. The molecule has 5 nitrogen and oxygen atoms in total. The maximum Gasteiger partial charge on any atom is 0.266 e. The Kier molecular flexibility index (Phi) is 4.69. The largest absolute Gasteiger partial charge is 0.328 e. The van der Waals surface area contributed by atoms with Crippen LogP contribution in [0.4, 0.5) is 17.6 Å². The molecule has 2 aromatic heterocycles. The first-order valence-electron chi connectivity index (χ1n) is 9.79. The number of rotatable bonds is 4. The number of fused-ring (bicyclic) bond motifs is 2. The van der Waals surface area contributed by atoms with Crippen molar-refractivity contribution in [1.29, 1.82) is 0 Å². The lowest BCUT2D eigenvalue weighted by Gasteiger charge is -2.17. The number of aryl methyl sites for hydroxylation is 1. The normalized spacial score (nSPS) is 13.4. The predicted octanol–water partition coefficient (Wildman–Crippen LogP) is 5.01. The Morgan fingerprint density at radius 1 is 1.09 bits per heavy atom. The van der Waals surface area contributed by atoms with Gasteiger partial charge in [-0.25, -0.2) is 17.6 Å². The number of carbonyl (C=O) groups is 1. The van der Waals surface area contributed by atoms with Crippen LogP contribution < -0.4 is 0 Å². The number of hydrogen-bond acceptors (Lipinski definition) is 3. The first-order chi connectivity index (χ1) is 15.3. The van der Waals surface area contributed by atoms with E-state index in [1.54, 1.807) is 25.4 Å². The zero-order valence-electron chi connectivity index (χ0n) is 16.8. The molecule has 0 bridgehead atoms. The van der Waals surface area contributed by atoms with E-state index in [0.717, 1.165) is 12.1 Å². The van der Waals surface area contributed by atoms with Gasteiger partial charge in [-0.1, -0.05) is 12.1 Å². The summed E-state index contributed by atoms with van der Waals surface area (Å²) in [6.07, 6.45) is 0.367. The second-order valence-corrected chi connectivity index (χ2v) is 7.65. The molecule has 0 N–H and O–H groups in total. The minimum absolute atomic E-state index is 0.0813. The second-order valence-electron chi connectivity index (χ2n) is 7.65. The van der Waals surface area contributed by atoms with Crippen molar-refractivity contribution < 1.29 is 22.4 Å². The van der Waals surface area contributed by atoms with Gasteiger partial charge in [0.1, 0.15) is 17.2 Å². The van der Waals surface area contributed by atoms with Gasteiger partial charge < -0.3 is 4.90 Å². The summed E-state index contributed by atoms with van der Waals surface area (Å²) < 4.78 is 58.0. The van der Waals surface area contributed by atoms with Crippen molar-refractivity contribution in [2.75, 3.05) is 0 Å². The van der Waals surface area contributed by atoms with Gasteiger partial charge in [-0.15, -0.1) is 0 Å². The molecule has 1 amide bonds. The van der Waals surface area contributed by atoms with Crippen molar-refractivity contribution in [3.63, 3.8) is 0 Å². The molecule has 0 saturated heterocycles. The van der Waals surface area contributed by atoms with Crippen molar-refractivity contribution in [3.05, 3.63) is 82.8 Å². The molecule has 5 rings (SSSR count). The summed E-state index contributed by atoms with van der Waals surface area (Å²) in [6, 6.07) is 8.18. The molecule has 4 aromatic rings. The molecule has 0 saturated carbocycles. The van der Waals surface area contributed by atoms with Crippen LogP contribution in [0.3, 0.4) is 0 Å². The van der Waals surface area contributed by atoms with Gasteiger partial charge in [0.15, 0.2) is 0 Å². The lowest BCUT2D eigenvalue weighted by molar-refractivity contribution is 0.0763. The Morgan fingerprint density at radius 3 is 2.53 bits per heavy atom. The highest BCUT2D eigenvalue weighted by atomic mass is 19.3. The van der Waals surface area contributed by atoms with Crippen LogP contribution in [-0.2, 0) is 20.1 Å². The van der Waals surface area contributed by atoms with Gasteiger partial charge in [0.25, 0.3) is 12.3 Å². The minimum atomic E-state index is -2.73. The van der Waals surface area contributed by atoms with Crippen LogP contribution in [0.1, 0.15) is 33.6 Å². The van der Waals surface area contributed by atoms with Crippen molar-refractivity contribution in [2.24, 2.45) is 7.05 Å². The fourth-order valence-electron chi connectivity index (χ4n) is 4.08. The molecule has 0 atom stereocenters. The summed E-state index contributed by atoms with van der Waals surface area (Å²) in [4.78, 5) is 18.0. The number of pyridine rings is 1. The van der Waals surface area contributed by atoms with E-state index in [0.29, 0.717) is 22.2 Å². The van der Waals surface area contributed by atoms with Crippen LogP contribution in [-0.4, -0.2) is 25.6 Å². The van der Waals surface area contributed by atoms with Gasteiger partial charge in [0.2, 0.25) is 0 Å². The van der Waals surface area contributed by atoms with Crippen LogP contribution >= 0.6 is 0 Å². The highest BCUT2D eigenvalue weighted by Gasteiger charge is 2.30. The Bertz CT molecular complexity index is 1360. The monoisotopic (exact) mass is 440 g/mol. The summed E-state index contributed by atoms with van der Waals surface area (Å²) >= 11 is 0. The SMILES string of the molecule is Cn1cc2c(-c3cc(F)c(CN4Cc5ncccc5C4=O)c(F)c3)ccc(C(F)F)c2n1. The van der Waals surface area contributed by atoms with Crippen LogP contribution in [0.25, 0.3) is 22.0 Å². The van der Waals surface area contributed by atoms with Crippen molar-refractivity contribution >= 4 is 16.8 Å². The number of nitrogens with zero attached hydrogens (tertiary/aromatic N) is 4. The molecule has 162 valence electrons. The summed E-state index contributed by atoms with van der Waals surface area (Å²) in [5, 5.41) is 4.45. The summed E-state index contributed by atoms with van der Waals surface area (Å²) in [7, 11) is 1.59. The van der Waals surface area contributed by atoms with E-state index in [-0.39, 0.29) is 41.2 Å². The number of hydrogen-bond donors (Lipinski definition) is 0. The van der Waals surface area contributed by atoms with Crippen LogP contribution in [0, 0.1) is 11.6 Å². The van der Waals surface area contributed by atoms with Crippen LogP contribution in [0.5, 0.6) is 0 Å². The van der Waals surface area contributed by atoms with E-state index in [2.05, 4.69) is 10.1 Å². The van der Waals surface area contributed by atoms with Gasteiger partial charge in [0, 0.05) is 36.0 Å². The standard InChI is InChI=1S/C23H16F4N4O/c1-30-9-16-13(4-5-15(22(26)27)21(16)29-30)12-7-18(24)17(19(25)8-12)10-31-11-20-14(23(31)32)3-2-6-28-20/h2-9,22H,10-11H2,1H3. The van der Waals surface area contributed by atoms with E-state index in [4.69, 9.17) is 0 Å². The Labute approximate surface area is 179 Å². The molecule has 2 aromatic carbocycles. The van der Waals surface area contributed by atoms with E-state index in [1.807, 2.05) is 0 Å². The zero-order valence-corrected chi connectivity index (χ0v) is 16.8. The Balaban J connectivity index is 1.52. The molecule has 0 radical (unpaired) electrons. The van der Waals surface area contributed by atoms with Gasteiger partial charge >= 0.3 is 0 Å². The topological polar surface area (TPSA) is 51.0 Å². The van der Waals surface area contributed by atoms with E-state index >= 15 is 0 Å². The molecular formula is C23H16F4N4O. The third-order valence-electron chi connectivity index (χ3n) is 5.61. The van der Waals surface area contributed by atoms with E-state index in [9.17, 15) is 22.4 Å². The molecule has 1 aliphatic heterocycles. The number of halogens is 4. The van der Waals surface area contributed by atoms with Gasteiger partial charge in [0.05, 0.1) is 24.3 Å². The lowest BCUT2D eigenvalue weighted by atomic mass is 9.97. The first-order valence-corrected chi connectivity index (χ1v) is 9.79. The summed E-state index contributed by atoms with van der Waals surface area (Å²) in [6.45, 7) is -0.0825. The average molecular weight is 440 g/mol. The number of aromatic nitrogens is 3. The predicted molar refractivity (Wildman–Crippen MR) is 109 cm³/mol. The van der Waals surface area contributed by atoms with Crippen LogP contribution in [0.15, 0.2) is 48.8 Å². The molecular weight excluding hydrogens is 424 g/mol. The summed E-state index contributed by atoms with van der Waals surface area (Å²) in [5.41, 5.74) is 1.15. The number of benzene rings is 2. The Morgan fingerprint density at radius 2 is 1.84 bits per heavy atom. The number of amides is 1. The zero-order chi connectivity index (χ0) is 22.6. The molecule has 1 aliphatic rings. The van der Waals surface area contributed by atoms with Gasteiger partial charge in [-0.3, -0.25) is 14.5 Å². The smallest absolute Gasteiger partial charge is 0.266 e. The van der Waals surface area contributed by atoms with Gasteiger partial charge in [-0.2, -0.15) is 5.10 Å². The molecule has 9 heteroatoms.